The molecule has 58 valence electrons. The molecule has 0 atom stereocenters. The van der Waals surface area contributed by atoms with E-state index in [4.69, 9.17) is 0 Å². The fourth-order valence-electron chi connectivity index (χ4n) is 0.399. The third kappa shape index (κ3) is 4.99. The third-order valence-electron chi connectivity index (χ3n) is 0.761. The molecule has 0 amide bonds. The molecule has 0 aromatic carbocycles. The largest absolute Gasteiger partial charge is 2.00 e. The summed E-state index contributed by atoms with van der Waals surface area (Å²) in [6.07, 6.45) is -1.95. The van der Waals surface area contributed by atoms with Crippen molar-refractivity contribution in [1.29, 1.82) is 0 Å². The Morgan fingerprint density at radius 2 is 1.73 bits per heavy atom. The first kappa shape index (κ1) is 13.3. The number of carbonyl (C=O) groups excluding carboxylic acids is 2. The Balaban J connectivity index is 0. The van der Waals surface area contributed by atoms with E-state index in [1.165, 1.54) is 6.92 Å². The second-order valence-electron chi connectivity index (χ2n) is 1.47. The molecule has 0 saturated carbocycles. The van der Waals surface area contributed by atoms with Crippen molar-refractivity contribution in [3.05, 3.63) is 0 Å². The van der Waals surface area contributed by atoms with Crippen LogP contribution in [0.5, 0.6) is 0 Å². The van der Waals surface area contributed by atoms with E-state index in [2.05, 4.69) is 4.74 Å². The molecule has 0 bridgehead atoms. The van der Waals surface area contributed by atoms with Gasteiger partial charge in [-0.2, -0.15) is 0 Å². The maximum Gasteiger partial charge on any atom is 2.00 e. The van der Waals surface area contributed by atoms with Crippen LogP contribution >= 0.6 is 0 Å². The minimum atomic E-state index is -1.95. The number of carboxylic acid groups (broad SMARTS) is 2. The number of aliphatic carboxylic acids is 2. The van der Waals surface area contributed by atoms with Gasteiger partial charge in [0.05, 0.1) is 11.9 Å². The summed E-state index contributed by atoms with van der Waals surface area (Å²) in [7, 11) is 0. The number of hydrogen-bond donors (Lipinski definition) is 0. The van der Waals surface area contributed by atoms with E-state index in [1.54, 1.807) is 0 Å². The number of carboxylic acids is 2. The Bertz CT molecular complexity index is 132. The molecule has 0 unspecified atom stereocenters. The Morgan fingerprint density at radius 3 is 1.82 bits per heavy atom. The van der Waals surface area contributed by atoms with E-state index < -0.39 is 18.0 Å². The van der Waals surface area contributed by atoms with Crippen molar-refractivity contribution in [2.45, 2.75) is 13.0 Å². The quantitative estimate of drug-likeness (QED) is 0.323. The fraction of sp³-hybridized carbons (Fsp3) is 0.600. The van der Waals surface area contributed by atoms with Crippen LogP contribution in [0.2, 0.25) is 0 Å². The first-order valence-corrected chi connectivity index (χ1v) is 2.63. The molecule has 0 aliphatic heterocycles. The van der Waals surface area contributed by atoms with E-state index >= 15 is 0 Å². The monoisotopic (exact) mass is 170 g/mol. The van der Waals surface area contributed by atoms with Crippen molar-refractivity contribution in [3.63, 3.8) is 0 Å². The number of hydrogen-bond acceptors (Lipinski definition) is 5. The zero-order chi connectivity index (χ0) is 8.15. The number of ether oxygens (including phenoxy) is 1. The van der Waals surface area contributed by atoms with Crippen LogP contribution in [0.4, 0.5) is 0 Å². The summed E-state index contributed by atoms with van der Waals surface area (Å²) in [6, 6.07) is 0. The summed E-state index contributed by atoms with van der Waals surface area (Å²) in [5.74, 6) is -3.58. The molecule has 11 heavy (non-hydrogen) atoms. The van der Waals surface area contributed by atoms with Crippen LogP contribution < -0.4 is 10.2 Å². The molecule has 0 aliphatic rings. The van der Waals surface area contributed by atoms with Crippen LogP contribution in [0.1, 0.15) is 6.92 Å². The second kappa shape index (κ2) is 6.38. The zero-order valence-electron chi connectivity index (χ0n) is 6.03. The number of carbonyl (C=O) groups is 2. The first-order chi connectivity index (χ1) is 4.59. The molecular formula is C5H6MgO5. The topological polar surface area (TPSA) is 89.5 Å². The predicted molar refractivity (Wildman–Crippen MR) is 31.2 cm³/mol. The van der Waals surface area contributed by atoms with E-state index in [0.29, 0.717) is 0 Å². The second-order valence-corrected chi connectivity index (χ2v) is 1.47. The van der Waals surface area contributed by atoms with Gasteiger partial charge in [0.25, 0.3) is 0 Å². The molecule has 0 radical (unpaired) electrons. The summed E-state index contributed by atoms with van der Waals surface area (Å²) >= 11 is 0. The van der Waals surface area contributed by atoms with E-state index in [9.17, 15) is 19.8 Å². The van der Waals surface area contributed by atoms with Crippen molar-refractivity contribution in [1.82, 2.24) is 0 Å². The molecule has 0 spiro atoms. The van der Waals surface area contributed by atoms with Gasteiger partial charge in [-0.25, -0.2) is 0 Å². The molecule has 0 aromatic heterocycles. The van der Waals surface area contributed by atoms with Gasteiger partial charge in [0.15, 0.2) is 0 Å². The normalized spacial score (nSPS) is 8.91. The Kier molecular flexibility index (Phi) is 7.70. The van der Waals surface area contributed by atoms with E-state index in [1.807, 2.05) is 0 Å². The van der Waals surface area contributed by atoms with Crippen molar-refractivity contribution in [2.24, 2.45) is 0 Å². The van der Waals surface area contributed by atoms with Crippen LogP contribution in [0.25, 0.3) is 0 Å². The van der Waals surface area contributed by atoms with Gasteiger partial charge in [0, 0.05) is 6.61 Å². The Morgan fingerprint density at radius 1 is 1.36 bits per heavy atom. The minimum Gasteiger partial charge on any atom is -0.547 e. The molecule has 0 fully saturated rings. The van der Waals surface area contributed by atoms with Gasteiger partial charge in [0.1, 0.15) is 6.10 Å². The fourth-order valence-corrected chi connectivity index (χ4v) is 0.399. The molecule has 0 aliphatic carbocycles. The average Bonchev–Trinajstić information content (AvgIpc) is 1.81. The van der Waals surface area contributed by atoms with Crippen LogP contribution in [0, 0.1) is 0 Å². The molecule has 0 N–H and O–H groups in total. The van der Waals surface area contributed by atoms with Crippen molar-refractivity contribution in [3.8, 4) is 0 Å². The van der Waals surface area contributed by atoms with E-state index in [0.717, 1.165) is 0 Å². The summed E-state index contributed by atoms with van der Waals surface area (Å²) in [6.45, 7) is 1.46. The zero-order valence-corrected chi connectivity index (χ0v) is 7.45. The van der Waals surface area contributed by atoms with Gasteiger partial charge in [-0.15, -0.1) is 0 Å². The van der Waals surface area contributed by atoms with Crippen molar-refractivity contribution >= 4 is 35.0 Å². The van der Waals surface area contributed by atoms with Gasteiger partial charge < -0.3 is 24.5 Å². The standard InChI is InChI=1S/C5H8O5.Mg/c1-2-10-3(4(6)7)5(8)9;/h3H,2H2,1H3,(H,6,7)(H,8,9);/q;+2/p-2. The molecule has 0 heterocycles. The van der Waals surface area contributed by atoms with Gasteiger partial charge in [-0.05, 0) is 6.92 Å². The maximum absolute atomic E-state index is 9.87. The average molecular weight is 170 g/mol. The van der Waals surface area contributed by atoms with Crippen molar-refractivity contribution < 1.29 is 24.5 Å². The summed E-state index contributed by atoms with van der Waals surface area (Å²) in [4.78, 5) is 19.7. The smallest absolute Gasteiger partial charge is 0.547 e. The van der Waals surface area contributed by atoms with Gasteiger partial charge >= 0.3 is 23.1 Å². The molecule has 0 saturated heterocycles. The molecular weight excluding hydrogens is 164 g/mol. The third-order valence-corrected chi connectivity index (χ3v) is 0.761. The molecule has 0 aromatic rings. The summed E-state index contributed by atoms with van der Waals surface area (Å²) < 4.78 is 4.24. The minimum absolute atomic E-state index is 0. The van der Waals surface area contributed by atoms with Crippen LogP contribution in [-0.2, 0) is 14.3 Å². The summed E-state index contributed by atoms with van der Waals surface area (Å²) in [5, 5.41) is 19.7. The Hall–Kier alpha value is -0.334. The summed E-state index contributed by atoms with van der Waals surface area (Å²) in [5.41, 5.74) is 0. The first-order valence-electron chi connectivity index (χ1n) is 2.63. The van der Waals surface area contributed by atoms with Crippen LogP contribution in [0.15, 0.2) is 0 Å². The predicted octanol–water partition coefficient (Wildman–Crippen LogP) is -3.49. The van der Waals surface area contributed by atoms with E-state index in [-0.39, 0.29) is 29.7 Å². The van der Waals surface area contributed by atoms with Gasteiger partial charge in [-0.3, -0.25) is 0 Å². The Labute approximate surface area is 79.5 Å². The number of rotatable bonds is 4. The molecule has 5 nitrogen and oxygen atoms in total. The van der Waals surface area contributed by atoms with Gasteiger partial charge in [0.2, 0.25) is 0 Å². The van der Waals surface area contributed by atoms with Crippen LogP contribution in [0.3, 0.4) is 0 Å². The SMILES string of the molecule is CCOC(C(=O)[O-])C(=O)[O-].[Mg+2]. The van der Waals surface area contributed by atoms with Gasteiger partial charge in [-0.1, -0.05) is 0 Å². The van der Waals surface area contributed by atoms with Crippen LogP contribution in [-0.4, -0.2) is 47.7 Å². The van der Waals surface area contributed by atoms with Crippen molar-refractivity contribution in [2.75, 3.05) is 6.61 Å². The molecule has 0 rings (SSSR count). The maximum atomic E-state index is 9.87. The molecule has 6 heteroatoms.